The van der Waals surface area contributed by atoms with E-state index < -0.39 is 17.2 Å². The highest BCUT2D eigenvalue weighted by Crippen LogP contribution is 2.42. The Bertz CT molecular complexity index is 1290. The first kappa shape index (κ1) is 22.5. The highest BCUT2D eigenvalue weighted by molar-refractivity contribution is 6.31. The lowest BCUT2D eigenvalue weighted by atomic mass is 9.78. The van der Waals surface area contributed by atoms with Gasteiger partial charge in [-0.25, -0.2) is 28.5 Å². The Morgan fingerprint density at radius 2 is 1.94 bits per heavy atom. The van der Waals surface area contributed by atoms with Gasteiger partial charge in [-0.15, -0.1) is 0 Å². The van der Waals surface area contributed by atoms with E-state index >= 15 is 0 Å². The minimum absolute atomic E-state index is 0.0241. The fourth-order valence-corrected chi connectivity index (χ4v) is 4.40. The van der Waals surface area contributed by atoms with E-state index in [1.54, 1.807) is 11.0 Å². The topological polar surface area (TPSA) is 83.5 Å². The summed E-state index contributed by atoms with van der Waals surface area (Å²) >= 11 is 5.81. The Hall–Kier alpha value is -3.27. The Morgan fingerprint density at radius 1 is 1.18 bits per heavy atom. The number of carbonyl (C=O) groups is 1. The van der Waals surface area contributed by atoms with Crippen LogP contribution in [-0.4, -0.2) is 56.7 Å². The maximum atomic E-state index is 14.2. The van der Waals surface area contributed by atoms with Gasteiger partial charge in [-0.2, -0.15) is 0 Å². The number of nitrogens with one attached hydrogen (secondary N) is 1. The zero-order valence-corrected chi connectivity index (χ0v) is 19.7. The molecule has 2 fully saturated rings. The van der Waals surface area contributed by atoms with Crippen LogP contribution >= 0.6 is 11.6 Å². The third kappa shape index (κ3) is 3.96. The molecule has 0 aliphatic carbocycles. The van der Waals surface area contributed by atoms with Crippen LogP contribution in [0.1, 0.15) is 27.2 Å². The normalized spacial score (nSPS) is 16.9. The molecule has 2 saturated heterocycles. The predicted octanol–water partition coefficient (Wildman–Crippen LogP) is 4.90. The molecule has 34 heavy (non-hydrogen) atoms. The van der Waals surface area contributed by atoms with Crippen LogP contribution in [0, 0.1) is 11.6 Å². The number of pyridine rings is 1. The SMILES string of the molecule is CC(C)(C)OC(=O)N1CCC12CN(c1ccc3ncnc(Nc4cc(Cl)c(F)cc4F)c3n1)C2. The van der Waals surface area contributed by atoms with E-state index in [-0.39, 0.29) is 28.2 Å². The number of ether oxygens (including phenoxy) is 1. The van der Waals surface area contributed by atoms with Gasteiger partial charge in [0.25, 0.3) is 0 Å². The molecule has 178 valence electrons. The van der Waals surface area contributed by atoms with Gasteiger partial charge in [0.15, 0.2) is 5.82 Å². The van der Waals surface area contributed by atoms with Crippen LogP contribution < -0.4 is 10.2 Å². The largest absolute Gasteiger partial charge is 0.444 e. The van der Waals surface area contributed by atoms with Crippen LogP contribution in [0.25, 0.3) is 11.0 Å². The van der Waals surface area contributed by atoms with Crippen molar-refractivity contribution in [2.45, 2.75) is 38.3 Å². The fourth-order valence-electron chi connectivity index (χ4n) is 4.24. The predicted molar refractivity (Wildman–Crippen MR) is 124 cm³/mol. The molecular formula is C23H23ClF2N6O2. The Kier molecular flexibility index (Phi) is 5.23. The zero-order chi connectivity index (χ0) is 24.3. The van der Waals surface area contributed by atoms with Crippen LogP contribution in [0.5, 0.6) is 0 Å². The molecule has 2 aliphatic rings. The number of carbonyl (C=O) groups excluding carboxylic acids is 1. The van der Waals surface area contributed by atoms with E-state index in [1.807, 2.05) is 26.8 Å². The number of amides is 1. The van der Waals surface area contributed by atoms with Crippen molar-refractivity contribution in [1.82, 2.24) is 19.9 Å². The quantitative estimate of drug-likeness (QED) is 0.525. The second-order valence-corrected chi connectivity index (χ2v) is 10.0. The summed E-state index contributed by atoms with van der Waals surface area (Å²) in [6, 6.07) is 5.51. The van der Waals surface area contributed by atoms with Crippen LogP contribution in [0.4, 0.5) is 30.9 Å². The summed E-state index contributed by atoms with van der Waals surface area (Å²) in [5, 5.41) is 2.63. The maximum Gasteiger partial charge on any atom is 0.410 e. The first-order chi connectivity index (χ1) is 16.0. The standard InChI is InChI=1S/C23H23ClF2N6O2/c1-22(2,3)34-21(33)32-7-6-23(32)10-31(11-23)18-5-4-16-19(30-18)20(28-12-27-16)29-17-8-13(24)14(25)9-15(17)26/h4-5,8-9,12H,6-7,10-11H2,1-3H3,(H,27,28,29). The molecule has 0 saturated carbocycles. The smallest absolute Gasteiger partial charge is 0.410 e. The number of fused-ring (bicyclic) bond motifs is 1. The Balaban J connectivity index is 1.37. The van der Waals surface area contributed by atoms with Crippen molar-refractivity contribution in [1.29, 1.82) is 0 Å². The third-order valence-electron chi connectivity index (χ3n) is 6.01. The van der Waals surface area contributed by atoms with Crippen molar-refractivity contribution in [3.05, 3.63) is 47.2 Å². The van der Waals surface area contributed by atoms with E-state index in [0.717, 1.165) is 12.5 Å². The number of halogens is 3. The van der Waals surface area contributed by atoms with Gasteiger partial charge < -0.3 is 15.0 Å². The van der Waals surface area contributed by atoms with Crippen molar-refractivity contribution >= 4 is 46.1 Å². The lowest BCUT2D eigenvalue weighted by Crippen LogP contribution is -2.78. The summed E-state index contributed by atoms with van der Waals surface area (Å²) in [5.41, 5.74) is 0.169. The number of anilines is 3. The minimum Gasteiger partial charge on any atom is -0.444 e. The van der Waals surface area contributed by atoms with E-state index in [4.69, 9.17) is 21.3 Å². The number of aromatic nitrogens is 3. The minimum atomic E-state index is -0.846. The lowest BCUT2D eigenvalue weighted by Gasteiger charge is -2.62. The summed E-state index contributed by atoms with van der Waals surface area (Å²) in [7, 11) is 0. The van der Waals surface area contributed by atoms with Gasteiger partial charge in [0, 0.05) is 25.7 Å². The molecule has 1 spiro atoms. The molecule has 8 nitrogen and oxygen atoms in total. The highest BCUT2D eigenvalue weighted by atomic mass is 35.5. The molecule has 0 unspecified atom stereocenters. The van der Waals surface area contributed by atoms with E-state index in [9.17, 15) is 13.6 Å². The number of hydrogen-bond acceptors (Lipinski definition) is 7. The van der Waals surface area contributed by atoms with Crippen LogP contribution in [0.3, 0.4) is 0 Å². The third-order valence-corrected chi connectivity index (χ3v) is 6.30. The van der Waals surface area contributed by atoms with Crippen molar-refractivity contribution < 1.29 is 18.3 Å². The highest BCUT2D eigenvalue weighted by Gasteiger charge is 2.56. The summed E-state index contributed by atoms with van der Waals surface area (Å²) in [6.07, 6.45) is 1.93. The molecule has 1 amide bonds. The molecule has 3 aromatic rings. The van der Waals surface area contributed by atoms with Gasteiger partial charge >= 0.3 is 6.09 Å². The second kappa shape index (κ2) is 7.90. The summed E-state index contributed by atoms with van der Waals surface area (Å²) in [4.78, 5) is 29.5. The molecule has 1 N–H and O–H groups in total. The molecule has 0 radical (unpaired) electrons. The van der Waals surface area contributed by atoms with E-state index in [2.05, 4.69) is 20.2 Å². The zero-order valence-electron chi connectivity index (χ0n) is 18.9. The number of benzene rings is 1. The van der Waals surface area contributed by atoms with E-state index in [1.165, 1.54) is 6.33 Å². The molecule has 2 aliphatic heterocycles. The molecule has 0 bridgehead atoms. The number of nitrogens with zero attached hydrogens (tertiary/aromatic N) is 5. The van der Waals surface area contributed by atoms with Crippen LogP contribution in [0.15, 0.2) is 30.6 Å². The first-order valence-corrected chi connectivity index (χ1v) is 11.2. The van der Waals surface area contributed by atoms with Gasteiger partial charge in [-0.3, -0.25) is 4.90 Å². The molecule has 11 heteroatoms. The molecule has 2 aromatic heterocycles. The van der Waals surface area contributed by atoms with Gasteiger partial charge in [-0.05, 0) is 45.4 Å². The molecule has 5 rings (SSSR count). The monoisotopic (exact) mass is 488 g/mol. The number of hydrogen-bond donors (Lipinski definition) is 1. The Labute approximate surface area is 199 Å². The van der Waals surface area contributed by atoms with Crippen molar-refractivity contribution in [2.75, 3.05) is 29.9 Å². The summed E-state index contributed by atoms with van der Waals surface area (Å²) in [6.45, 7) is 7.48. The van der Waals surface area contributed by atoms with E-state index in [0.29, 0.717) is 42.6 Å². The average molecular weight is 489 g/mol. The summed E-state index contributed by atoms with van der Waals surface area (Å²) in [5.74, 6) is -0.699. The molecule has 0 atom stereocenters. The fraction of sp³-hybridized carbons (Fsp3) is 0.391. The van der Waals surface area contributed by atoms with Crippen LogP contribution in [-0.2, 0) is 4.74 Å². The van der Waals surface area contributed by atoms with Gasteiger partial charge in [0.1, 0.15) is 34.9 Å². The molecule has 4 heterocycles. The molecular weight excluding hydrogens is 466 g/mol. The van der Waals surface area contributed by atoms with Crippen molar-refractivity contribution in [3.8, 4) is 0 Å². The van der Waals surface area contributed by atoms with Gasteiger partial charge in [0.2, 0.25) is 0 Å². The number of rotatable bonds is 3. The van der Waals surface area contributed by atoms with Crippen LogP contribution in [0.2, 0.25) is 5.02 Å². The number of likely N-dealkylation sites (tertiary alicyclic amines) is 1. The lowest BCUT2D eigenvalue weighted by molar-refractivity contribution is -0.0562. The Morgan fingerprint density at radius 3 is 2.62 bits per heavy atom. The second-order valence-electron chi connectivity index (χ2n) is 9.59. The summed E-state index contributed by atoms with van der Waals surface area (Å²) < 4.78 is 33.3. The van der Waals surface area contributed by atoms with Gasteiger partial charge in [-0.1, -0.05) is 11.6 Å². The van der Waals surface area contributed by atoms with Crippen molar-refractivity contribution in [2.24, 2.45) is 0 Å². The molecule has 1 aromatic carbocycles. The van der Waals surface area contributed by atoms with Gasteiger partial charge in [0.05, 0.1) is 21.8 Å². The van der Waals surface area contributed by atoms with Crippen molar-refractivity contribution in [3.63, 3.8) is 0 Å². The maximum absolute atomic E-state index is 14.2. The average Bonchev–Trinajstić information content (AvgIpc) is 2.69. The first-order valence-electron chi connectivity index (χ1n) is 10.8.